The number of hydrogen-bond donors (Lipinski definition) is 2. The lowest BCUT2D eigenvalue weighted by atomic mass is 10.1. The van der Waals surface area contributed by atoms with E-state index < -0.39 is 4.92 Å². The third kappa shape index (κ3) is 3.79. The lowest BCUT2D eigenvalue weighted by molar-refractivity contribution is -0.384. The summed E-state index contributed by atoms with van der Waals surface area (Å²) in [5.74, 6) is -0.244. The number of benzene rings is 1. The number of amides is 1. The first kappa shape index (κ1) is 15.0. The van der Waals surface area contributed by atoms with Gasteiger partial charge in [0.2, 0.25) is 0 Å². The van der Waals surface area contributed by atoms with Crippen molar-refractivity contribution in [2.45, 2.75) is 13.5 Å². The van der Waals surface area contributed by atoms with Crippen LogP contribution in [0, 0.1) is 10.1 Å². The summed E-state index contributed by atoms with van der Waals surface area (Å²) in [6, 6.07) is 6.26. The van der Waals surface area contributed by atoms with Crippen molar-refractivity contribution in [3.05, 3.63) is 56.3 Å². The van der Waals surface area contributed by atoms with Crippen molar-refractivity contribution in [2.75, 3.05) is 11.9 Å². The quantitative estimate of drug-likeness (QED) is 0.634. The average molecular weight is 305 g/mol. The van der Waals surface area contributed by atoms with Gasteiger partial charge in [-0.05, 0) is 41.4 Å². The molecule has 0 aliphatic rings. The van der Waals surface area contributed by atoms with Gasteiger partial charge in [-0.25, -0.2) is 0 Å². The number of nitrogens with zero attached hydrogens (tertiary/aromatic N) is 1. The molecule has 2 aromatic rings. The van der Waals surface area contributed by atoms with Crippen molar-refractivity contribution in [3.8, 4) is 0 Å². The number of rotatable bonds is 6. The highest BCUT2D eigenvalue weighted by Crippen LogP contribution is 2.26. The van der Waals surface area contributed by atoms with E-state index in [1.165, 1.54) is 18.2 Å². The summed E-state index contributed by atoms with van der Waals surface area (Å²) in [5, 5.41) is 20.7. The lowest BCUT2D eigenvalue weighted by Crippen LogP contribution is -2.22. The predicted octanol–water partition coefficient (Wildman–Crippen LogP) is 3.02. The Labute approximate surface area is 126 Å². The minimum atomic E-state index is -0.461. The van der Waals surface area contributed by atoms with Crippen LogP contribution in [0.2, 0.25) is 0 Å². The molecule has 0 aliphatic carbocycles. The second-order valence-electron chi connectivity index (χ2n) is 4.33. The van der Waals surface area contributed by atoms with Gasteiger partial charge in [-0.15, -0.1) is 0 Å². The molecule has 110 valence electrons. The van der Waals surface area contributed by atoms with Gasteiger partial charge in [0.1, 0.15) is 5.69 Å². The Hall–Kier alpha value is -2.41. The number of carbonyl (C=O) groups is 1. The number of nitro benzene ring substituents is 1. The number of nitro groups is 1. The normalized spacial score (nSPS) is 10.1. The summed E-state index contributed by atoms with van der Waals surface area (Å²) in [4.78, 5) is 22.4. The summed E-state index contributed by atoms with van der Waals surface area (Å²) >= 11 is 1.56. The van der Waals surface area contributed by atoms with Gasteiger partial charge in [0, 0.05) is 24.7 Å². The second kappa shape index (κ2) is 6.85. The van der Waals surface area contributed by atoms with Crippen LogP contribution >= 0.6 is 11.3 Å². The van der Waals surface area contributed by atoms with Crippen molar-refractivity contribution in [1.29, 1.82) is 0 Å². The minimum Gasteiger partial charge on any atom is -0.375 e. The first-order chi connectivity index (χ1) is 10.1. The smallest absolute Gasteiger partial charge is 0.292 e. The molecule has 0 unspecified atom stereocenters. The van der Waals surface area contributed by atoms with Crippen LogP contribution in [0.5, 0.6) is 0 Å². The van der Waals surface area contributed by atoms with Crippen molar-refractivity contribution >= 4 is 28.6 Å². The highest BCUT2D eigenvalue weighted by molar-refractivity contribution is 7.07. The molecule has 7 heteroatoms. The SMILES string of the molecule is CCNC(=O)c1ccc([N+](=O)[O-])c(NCc2ccsc2)c1. The molecule has 1 amide bonds. The summed E-state index contributed by atoms with van der Waals surface area (Å²) < 4.78 is 0. The Balaban J connectivity index is 2.24. The van der Waals surface area contributed by atoms with E-state index in [-0.39, 0.29) is 11.6 Å². The third-order valence-electron chi connectivity index (χ3n) is 2.86. The Kier molecular flexibility index (Phi) is 4.89. The molecule has 0 saturated carbocycles. The monoisotopic (exact) mass is 305 g/mol. The highest BCUT2D eigenvalue weighted by atomic mass is 32.1. The van der Waals surface area contributed by atoms with Crippen molar-refractivity contribution < 1.29 is 9.72 Å². The lowest BCUT2D eigenvalue weighted by Gasteiger charge is -2.08. The Morgan fingerprint density at radius 3 is 2.81 bits per heavy atom. The zero-order valence-corrected chi connectivity index (χ0v) is 12.3. The molecule has 1 heterocycles. The standard InChI is InChI=1S/C14H15N3O3S/c1-2-15-14(18)11-3-4-13(17(19)20)12(7-11)16-8-10-5-6-21-9-10/h3-7,9,16H,2,8H2,1H3,(H,15,18). The first-order valence-electron chi connectivity index (χ1n) is 6.43. The van der Waals surface area contributed by atoms with E-state index in [2.05, 4.69) is 10.6 Å². The van der Waals surface area contributed by atoms with E-state index in [9.17, 15) is 14.9 Å². The van der Waals surface area contributed by atoms with E-state index in [4.69, 9.17) is 0 Å². The van der Waals surface area contributed by atoms with Crippen LogP contribution in [0.1, 0.15) is 22.8 Å². The average Bonchev–Trinajstić information content (AvgIpc) is 2.98. The molecule has 6 nitrogen and oxygen atoms in total. The number of carbonyl (C=O) groups excluding carboxylic acids is 1. The van der Waals surface area contributed by atoms with Crippen LogP contribution < -0.4 is 10.6 Å². The fourth-order valence-corrected chi connectivity index (χ4v) is 2.50. The van der Waals surface area contributed by atoms with Crippen LogP contribution in [0.3, 0.4) is 0 Å². The number of thiophene rings is 1. The van der Waals surface area contributed by atoms with Gasteiger partial charge >= 0.3 is 0 Å². The summed E-state index contributed by atoms with van der Waals surface area (Å²) in [7, 11) is 0. The molecular formula is C14H15N3O3S. The fourth-order valence-electron chi connectivity index (χ4n) is 1.83. The maximum atomic E-state index is 11.8. The Morgan fingerprint density at radius 1 is 1.38 bits per heavy atom. The van der Waals surface area contributed by atoms with Crippen molar-refractivity contribution in [3.63, 3.8) is 0 Å². The second-order valence-corrected chi connectivity index (χ2v) is 5.11. The molecular weight excluding hydrogens is 290 g/mol. The number of nitrogens with one attached hydrogen (secondary N) is 2. The molecule has 0 atom stereocenters. The van der Waals surface area contributed by atoms with Gasteiger partial charge in [0.15, 0.2) is 0 Å². The molecule has 2 N–H and O–H groups in total. The van der Waals surface area contributed by atoms with Gasteiger partial charge in [0.05, 0.1) is 4.92 Å². The summed E-state index contributed by atoms with van der Waals surface area (Å²) in [5.41, 5.74) is 1.74. The van der Waals surface area contributed by atoms with E-state index in [0.29, 0.717) is 24.3 Å². The van der Waals surface area contributed by atoms with E-state index >= 15 is 0 Å². The minimum absolute atomic E-state index is 0.0433. The van der Waals surface area contributed by atoms with E-state index in [1.807, 2.05) is 23.8 Å². The summed E-state index contributed by atoms with van der Waals surface area (Å²) in [6.07, 6.45) is 0. The topological polar surface area (TPSA) is 84.3 Å². The van der Waals surface area contributed by atoms with Gasteiger partial charge in [-0.2, -0.15) is 11.3 Å². The summed E-state index contributed by atoms with van der Waals surface area (Å²) in [6.45, 7) is 2.80. The molecule has 0 spiro atoms. The van der Waals surface area contributed by atoms with Gasteiger partial charge in [0.25, 0.3) is 11.6 Å². The molecule has 2 rings (SSSR count). The van der Waals surface area contributed by atoms with Crippen LogP contribution in [-0.2, 0) is 6.54 Å². The van der Waals surface area contributed by atoms with Crippen LogP contribution in [0.15, 0.2) is 35.0 Å². The molecule has 0 fully saturated rings. The third-order valence-corrected chi connectivity index (χ3v) is 3.59. The highest BCUT2D eigenvalue weighted by Gasteiger charge is 2.16. The van der Waals surface area contributed by atoms with Crippen molar-refractivity contribution in [1.82, 2.24) is 5.32 Å². The van der Waals surface area contributed by atoms with Crippen LogP contribution in [0.25, 0.3) is 0 Å². The van der Waals surface area contributed by atoms with Crippen molar-refractivity contribution in [2.24, 2.45) is 0 Å². The molecule has 1 aromatic carbocycles. The fraction of sp³-hybridized carbons (Fsp3) is 0.214. The van der Waals surface area contributed by atoms with Gasteiger partial charge in [-0.1, -0.05) is 0 Å². The predicted molar refractivity (Wildman–Crippen MR) is 82.7 cm³/mol. The van der Waals surface area contributed by atoms with Crippen LogP contribution in [-0.4, -0.2) is 17.4 Å². The van der Waals surface area contributed by atoms with E-state index in [1.54, 1.807) is 11.3 Å². The molecule has 21 heavy (non-hydrogen) atoms. The van der Waals surface area contributed by atoms with Gasteiger partial charge in [-0.3, -0.25) is 14.9 Å². The molecule has 0 radical (unpaired) electrons. The molecule has 0 saturated heterocycles. The Morgan fingerprint density at radius 2 is 2.19 bits per heavy atom. The molecule has 0 bridgehead atoms. The number of anilines is 1. The Bertz CT molecular complexity index is 641. The zero-order valence-electron chi connectivity index (χ0n) is 11.5. The van der Waals surface area contributed by atoms with E-state index in [0.717, 1.165) is 5.56 Å². The zero-order chi connectivity index (χ0) is 15.2. The maximum absolute atomic E-state index is 11.8. The maximum Gasteiger partial charge on any atom is 0.292 e. The molecule has 0 aliphatic heterocycles. The number of hydrogen-bond acceptors (Lipinski definition) is 5. The largest absolute Gasteiger partial charge is 0.375 e. The van der Waals surface area contributed by atoms with Gasteiger partial charge < -0.3 is 10.6 Å². The molecule has 1 aromatic heterocycles. The first-order valence-corrected chi connectivity index (χ1v) is 7.37. The van der Waals surface area contributed by atoms with Crippen LogP contribution in [0.4, 0.5) is 11.4 Å².